The number of nitrogens with zero attached hydrogens (tertiary/aromatic N) is 2. The zero-order valence-electron chi connectivity index (χ0n) is 19.5. The van der Waals surface area contributed by atoms with Gasteiger partial charge < -0.3 is 24.4 Å². The van der Waals surface area contributed by atoms with Crippen molar-refractivity contribution >= 4 is 28.4 Å². The van der Waals surface area contributed by atoms with Crippen LogP contribution in [0.4, 0.5) is 10.1 Å². The molecular formula is C26H26FN3O5. The van der Waals surface area contributed by atoms with E-state index >= 15 is 4.39 Å². The molecule has 2 aliphatic rings. The number of amides is 2. The Morgan fingerprint density at radius 2 is 1.86 bits per heavy atom. The van der Waals surface area contributed by atoms with Crippen LogP contribution in [0.2, 0.25) is 0 Å². The number of methoxy groups -OCH3 is 2. The molecular weight excluding hydrogens is 453 g/mol. The molecule has 3 aromatic rings. The Balaban J connectivity index is 1.34. The third-order valence-electron chi connectivity index (χ3n) is 6.41. The van der Waals surface area contributed by atoms with E-state index < -0.39 is 11.7 Å². The highest BCUT2D eigenvalue weighted by Gasteiger charge is 2.36. The minimum atomic E-state index is -0.623. The topological polar surface area (TPSA) is 90.0 Å². The summed E-state index contributed by atoms with van der Waals surface area (Å²) in [6, 6.07) is 9.43. The molecule has 2 heterocycles. The number of halogens is 1. The Morgan fingerprint density at radius 3 is 2.57 bits per heavy atom. The molecule has 1 saturated carbocycles. The third kappa shape index (κ3) is 4.71. The molecule has 35 heavy (non-hydrogen) atoms. The first kappa shape index (κ1) is 22.9. The molecule has 9 heteroatoms. The van der Waals surface area contributed by atoms with Gasteiger partial charge in [0, 0.05) is 48.9 Å². The van der Waals surface area contributed by atoms with Crippen LogP contribution in [0.1, 0.15) is 19.3 Å². The average Bonchev–Trinajstić information content (AvgIpc) is 3.62. The highest BCUT2D eigenvalue weighted by Crippen LogP contribution is 2.38. The highest BCUT2D eigenvalue weighted by atomic mass is 19.1. The number of rotatable bonds is 8. The summed E-state index contributed by atoms with van der Waals surface area (Å²) in [6.45, 7) is 0.887. The first-order valence-corrected chi connectivity index (χ1v) is 11.5. The predicted molar refractivity (Wildman–Crippen MR) is 128 cm³/mol. The SMILES string of the molecule is COc1cc2nccc(Oc3ccc(N4CC(C(=O)NCC5CC5)CC4=O)cc3F)c2cc1OC. The second-order valence-electron chi connectivity index (χ2n) is 8.84. The minimum absolute atomic E-state index is 0.00130. The first-order chi connectivity index (χ1) is 17.0. The van der Waals surface area contributed by atoms with E-state index in [9.17, 15) is 9.59 Å². The highest BCUT2D eigenvalue weighted by molar-refractivity contribution is 6.00. The fraction of sp³-hybridized carbons (Fsp3) is 0.346. The zero-order valence-corrected chi connectivity index (χ0v) is 19.5. The van der Waals surface area contributed by atoms with E-state index in [0.29, 0.717) is 46.3 Å². The van der Waals surface area contributed by atoms with E-state index in [2.05, 4.69) is 10.3 Å². The summed E-state index contributed by atoms with van der Waals surface area (Å²) in [5.74, 6) is 0.600. The smallest absolute Gasteiger partial charge is 0.227 e. The number of ether oxygens (including phenoxy) is 3. The van der Waals surface area contributed by atoms with Crippen molar-refractivity contribution in [3.05, 3.63) is 48.4 Å². The van der Waals surface area contributed by atoms with Crippen LogP contribution in [-0.2, 0) is 9.59 Å². The molecule has 1 N–H and O–H groups in total. The van der Waals surface area contributed by atoms with E-state index in [1.54, 1.807) is 30.5 Å². The third-order valence-corrected chi connectivity index (χ3v) is 6.41. The molecule has 2 amide bonds. The number of nitrogens with one attached hydrogen (secondary N) is 1. The summed E-state index contributed by atoms with van der Waals surface area (Å²) < 4.78 is 31.6. The van der Waals surface area contributed by atoms with Crippen LogP contribution in [0.3, 0.4) is 0 Å². The van der Waals surface area contributed by atoms with Gasteiger partial charge in [0.1, 0.15) is 5.75 Å². The van der Waals surface area contributed by atoms with Crippen LogP contribution >= 0.6 is 0 Å². The Morgan fingerprint density at radius 1 is 1.09 bits per heavy atom. The molecule has 2 aromatic carbocycles. The number of anilines is 1. The molecule has 8 nitrogen and oxygen atoms in total. The van der Waals surface area contributed by atoms with E-state index in [0.717, 1.165) is 12.8 Å². The number of carbonyl (C=O) groups is 2. The molecule has 1 unspecified atom stereocenters. The van der Waals surface area contributed by atoms with Crippen LogP contribution in [-0.4, -0.2) is 44.1 Å². The second-order valence-corrected chi connectivity index (χ2v) is 8.84. The van der Waals surface area contributed by atoms with Gasteiger partial charge in [-0.25, -0.2) is 4.39 Å². The lowest BCUT2D eigenvalue weighted by molar-refractivity contribution is -0.126. The van der Waals surface area contributed by atoms with Crippen LogP contribution < -0.4 is 24.4 Å². The summed E-state index contributed by atoms with van der Waals surface area (Å²) >= 11 is 0. The lowest BCUT2D eigenvalue weighted by Crippen LogP contribution is -2.34. The second kappa shape index (κ2) is 9.40. The molecule has 1 saturated heterocycles. The van der Waals surface area contributed by atoms with Crippen molar-refractivity contribution < 1.29 is 28.2 Å². The van der Waals surface area contributed by atoms with Crippen LogP contribution in [0.25, 0.3) is 10.9 Å². The summed E-state index contributed by atoms with van der Waals surface area (Å²) in [6.07, 6.45) is 3.96. The minimum Gasteiger partial charge on any atom is -0.493 e. The van der Waals surface area contributed by atoms with Gasteiger partial charge in [-0.2, -0.15) is 0 Å². The molecule has 1 atom stereocenters. The van der Waals surface area contributed by atoms with Gasteiger partial charge in [0.2, 0.25) is 11.8 Å². The fourth-order valence-electron chi connectivity index (χ4n) is 4.24. The van der Waals surface area contributed by atoms with Crippen molar-refractivity contribution in [3.63, 3.8) is 0 Å². The molecule has 0 radical (unpaired) electrons. The Bertz CT molecular complexity index is 1290. The number of fused-ring (bicyclic) bond motifs is 1. The van der Waals surface area contributed by atoms with Gasteiger partial charge in [0.15, 0.2) is 23.1 Å². The normalized spacial score (nSPS) is 17.5. The van der Waals surface area contributed by atoms with Gasteiger partial charge in [-0.1, -0.05) is 0 Å². The maximum Gasteiger partial charge on any atom is 0.227 e. The quantitative estimate of drug-likeness (QED) is 0.524. The van der Waals surface area contributed by atoms with E-state index in [1.807, 2.05) is 0 Å². The lowest BCUT2D eigenvalue weighted by atomic mass is 10.1. The van der Waals surface area contributed by atoms with E-state index in [1.165, 1.54) is 31.3 Å². The number of benzene rings is 2. The number of hydrogen-bond acceptors (Lipinski definition) is 6. The van der Waals surface area contributed by atoms with Crippen molar-refractivity contribution in [2.24, 2.45) is 11.8 Å². The van der Waals surface area contributed by atoms with E-state index in [-0.39, 0.29) is 30.5 Å². The standard InChI is InChI=1S/C26H26FN3O5/c1-33-23-11-18-20(12-24(23)34-2)28-8-7-21(18)35-22-6-5-17(10-19(22)27)30-14-16(9-25(30)31)26(32)29-13-15-3-4-15/h5-8,10-12,15-16H,3-4,9,13-14H2,1-2H3,(H,29,32). The van der Waals surface area contributed by atoms with Crippen molar-refractivity contribution in [1.29, 1.82) is 0 Å². The van der Waals surface area contributed by atoms with Gasteiger partial charge in [0.25, 0.3) is 0 Å². The van der Waals surface area contributed by atoms with Gasteiger partial charge in [0.05, 0.1) is 25.7 Å². The molecule has 2 fully saturated rings. The van der Waals surface area contributed by atoms with Crippen LogP contribution in [0.5, 0.6) is 23.0 Å². The Labute approximate surface area is 202 Å². The number of carbonyl (C=O) groups excluding carboxylic acids is 2. The molecule has 1 aromatic heterocycles. The monoisotopic (exact) mass is 479 g/mol. The van der Waals surface area contributed by atoms with Gasteiger partial charge >= 0.3 is 0 Å². The maximum absolute atomic E-state index is 15.1. The van der Waals surface area contributed by atoms with Crippen molar-refractivity contribution in [3.8, 4) is 23.0 Å². The van der Waals surface area contributed by atoms with Crippen molar-refractivity contribution in [2.45, 2.75) is 19.3 Å². The number of aromatic nitrogens is 1. The molecule has 5 rings (SSSR count). The molecule has 0 bridgehead atoms. The van der Waals surface area contributed by atoms with Crippen LogP contribution in [0, 0.1) is 17.7 Å². The first-order valence-electron chi connectivity index (χ1n) is 11.5. The lowest BCUT2D eigenvalue weighted by Gasteiger charge is -2.18. The summed E-state index contributed by atoms with van der Waals surface area (Å²) in [4.78, 5) is 30.7. The number of hydrogen-bond donors (Lipinski definition) is 1. The molecule has 1 aliphatic carbocycles. The predicted octanol–water partition coefficient (Wildman–Crippen LogP) is 4.06. The van der Waals surface area contributed by atoms with Crippen LogP contribution in [0.15, 0.2) is 42.6 Å². The Kier molecular flexibility index (Phi) is 6.15. The average molecular weight is 480 g/mol. The summed E-state index contributed by atoms with van der Waals surface area (Å²) in [5, 5.41) is 3.55. The van der Waals surface area contributed by atoms with Crippen molar-refractivity contribution in [1.82, 2.24) is 10.3 Å². The zero-order chi connectivity index (χ0) is 24.5. The Hall–Kier alpha value is -3.88. The van der Waals surface area contributed by atoms with Gasteiger partial charge in [-0.05, 0) is 43.0 Å². The van der Waals surface area contributed by atoms with E-state index in [4.69, 9.17) is 14.2 Å². The largest absolute Gasteiger partial charge is 0.493 e. The molecule has 182 valence electrons. The number of pyridine rings is 1. The summed E-state index contributed by atoms with van der Waals surface area (Å²) in [7, 11) is 3.06. The maximum atomic E-state index is 15.1. The fourth-order valence-corrected chi connectivity index (χ4v) is 4.24. The van der Waals surface area contributed by atoms with Crippen molar-refractivity contribution in [2.75, 3.05) is 32.2 Å². The molecule has 1 aliphatic heterocycles. The molecule has 0 spiro atoms. The van der Waals surface area contributed by atoms with Gasteiger partial charge in [-0.15, -0.1) is 0 Å². The summed E-state index contributed by atoms with van der Waals surface area (Å²) in [5.41, 5.74) is 0.995. The van der Waals surface area contributed by atoms with Gasteiger partial charge in [-0.3, -0.25) is 14.6 Å².